The van der Waals surface area contributed by atoms with Gasteiger partial charge in [0, 0.05) is 34.0 Å². The Hall–Kier alpha value is -4.36. The van der Waals surface area contributed by atoms with Crippen molar-refractivity contribution in [3.63, 3.8) is 0 Å². The molecule has 184 valence electrons. The van der Waals surface area contributed by atoms with E-state index in [9.17, 15) is 5.11 Å². The molecule has 3 aromatic rings. The molecular formula is C30H28N6O. The van der Waals surface area contributed by atoms with Gasteiger partial charge in [0.25, 0.3) is 0 Å². The minimum atomic E-state index is -0.214. The molecule has 0 spiro atoms. The molecule has 1 aliphatic heterocycles. The van der Waals surface area contributed by atoms with Crippen LogP contribution in [0.5, 0.6) is 5.75 Å². The van der Waals surface area contributed by atoms with Crippen molar-refractivity contribution in [3.05, 3.63) is 108 Å². The maximum absolute atomic E-state index is 9.69. The maximum atomic E-state index is 9.69. The molecule has 0 radical (unpaired) electrons. The van der Waals surface area contributed by atoms with E-state index in [0.29, 0.717) is 5.69 Å². The van der Waals surface area contributed by atoms with Crippen molar-refractivity contribution in [1.82, 2.24) is 10.6 Å². The van der Waals surface area contributed by atoms with Crippen molar-refractivity contribution in [1.29, 1.82) is 0 Å². The van der Waals surface area contributed by atoms with E-state index in [1.165, 1.54) is 5.70 Å². The van der Waals surface area contributed by atoms with Gasteiger partial charge in [0.05, 0.1) is 28.4 Å². The Kier molecular flexibility index (Phi) is 5.38. The standard InChI is InChI=1S/C30H28N6O/c1-29(2)31-27-13-7-12-23-26(16-17-30(3,36-29)28(23)27)35-34-25-15-14-24(21-10-4-5-11-22(21)25)33-32-19-8-6-9-20(37)18-19/h4-18,28,31,36-37H,1-3H3/b33-32+,35-34+. The summed E-state index contributed by atoms with van der Waals surface area (Å²) in [5.74, 6) is 0.296. The molecule has 0 saturated carbocycles. The fourth-order valence-corrected chi connectivity index (χ4v) is 5.54. The first-order valence-electron chi connectivity index (χ1n) is 12.3. The predicted octanol–water partition coefficient (Wildman–Crippen LogP) is 7.63. The third-order valence-electron chi connectivity index (χ3n) is 6.94. The van der Waals surface area contributed by atoms with Crippen molar-refractivity contribution in [2.45, 2.75) is 32.0 Å². The van der Waals surface area contributed by atoms with Crippen LogP contribution in [0.3, 0.4) is 0 Å². The number of phenolic OH excluding ortho intramolecular Hbond substituents is 1. The van der Waals surface area contributed by atoms with Crippen molar-refractivity contribution >= 4 is 27.8 Å². The van der Waals surface area contributed by atoms with Gasteiger partial charge in [0.1, 0.15) is 5.75 Å². The molecular weight excluding hydrogens is 460 g/mol. The van der Waals surface area contributed by atoms with Crippen molar-refractivity contribution in [3.8, 4) is 5.75 Å². The smallest absolute Gasteiger partial charge is 0.117 e. The van der Waals surface area contributed by atoms with Crippen LogP contribution in [-0.4, -0.2) is 16.3 Å². The van der Waals surface area contributed by atoms with Gasteiger partial charge in [-0.2, -0.15) is 10.2 Å². The lowest BCUT2D eigenvalue weighted by Crippen LogP contribution is -2.69. The first-order chi connectivity index (χ1) is 17.8. The lowest BCUT2D eigenvalue weighted by Gasteiger charge is -2.53. The Morgan fingerprint density at radius 3 is 2.27 bits per heavy atom. The third kappa shape index (κ3) is 4.27. The number of nitrogens with one attached hydrogen (secondary N) is 2. The maximum Gasteiger partial charge on any atom is 0.117 e. The highest BCUT2D eigenvalue weighted by molar-refractivity contribution is 5.99. The molecule has 1 saturated heterocycles. The van der Waals surface area contributed by atoms with E-state index in [1.807, 2.05) is 36.4 Å². The van der Waals surface area contributed by atoms with E-state index in [4.69, 9.17) is 5.11 Å². The van der Waals surface area contributed by atoms with Crippen molar-refractivity contribution in [2.75, 3.05) is 0 Å². The normalized spacial score (nSPS) is 24.0. The molecule has 3 N–H and O–H groups in total. The summed E-state index contributed by atoms with van der Waals surface area (Å²) in [5.41, 5.74) is 4.82. The van der Waals surface area contributed by atoms with Crippen molar-refractivity contribution < 1.29 is 5.11 Å². The number of aromatic hydroxyl groups is 1. The lowest BCUT2D eigenvalue weighted by molar-refractivity contribution is 0.172. The molecule has 7 heteroatoms. The molecule has 0 aromatic heterocycles. The third-order valence-corrected chi connectivity index (χ3v) is 6.94. The number of benzene rings is 3. The Morgan fingerprint density at radius 1 is 0.811 bits per heavy atom. The second-order valence-electron chi connectivity index (χ2n) is 10.3. The highest BCUT2D eigenvalue weighted by atomic mass is 16.3. The van der Waals surface area contributed by atoms with Crippen LogP contribution >= 0.6 is 0 Å². The Balaban J connectivity index is 1.35. The molecule has 6 rings (SSSR count). The van der Waals surface area contributed by atoms with Gasteiger partial charge in [-0.15, -0.1) is 10.2 Å². The number of fused-ring (bicyclic) bond motifs is 1. The van der Waals surface area contributed by atoms with E-state index in [1.54, 1.807) is 24.3 Å². The van der Waals surface area contributed by atoms with E-state index >= 15 is 0 Å². The summed E-state index contributed by atoms with van der Waals surface area (Å²) in [4.78, 5) is 0. The van der Waals surface area contributed by atoms with Gasteiger partial charge in [0.15, 0.2) is 0 Å². The second-order valence-corrected chi connectivity index (χ2v) is 10.3. The van der Waals surface area contributed by atoms with Gasteiger partial charge < -0.3 is 10.4 Å². The van der Waals surface area contributed by atoms with Gasteiger partial charge in [-0.25, -0.2) is 0 Å². The minimum absolute atomic E-state index is 0.140. The van der Waals surface area contributed by atoms with E-state index in [2.05, 4.69) is 77.1 Å². The molecule has 0 bridgehead atoms. The Labute approximate surface area is 215 Å². The molecule has 2 unspecified atom stereocenters. The van der Waals surface area contributed by atoms with Crippen LogP contribution in [-0.2, 0) is 0 Å². The quantitative estimate of drug-likeness (QED) is 0.330. The SMILES string of the molecule is CC1(C)NC2=CC=CC3=C(/N=N/c4ccc(/N=N/c5cccc(O)c5)c5ccccc45)C=CC(C)(N1)C23. The monoisotopic (exact) mass is 488 g/mol. The molecule has 2 aliphatic carbocycles. The molecule has 3 aromatic carbocycles. The number of rotatable bonds is 4. The van der Waals surface area contributed by atoms with Crippen LogP contribution < -0.4 is 10.6 Å². The van der Waals surface area contributed by atoms with Crippen LogP contribution in [0, 0.1) is 5.92 Å². The van der Waals surface area contributed by atoms with Gasteiger partial charge in [-0.1, -0.05) is 48.6 Å². The van der Waals surface area contributed by atoms with Crippen LogP contribution in [0.4, 0.5) is 17.1 Å². The van der Waals surface area contributed by atoms with Gasteiger partial charge in [-0.3, -0.25) is 5.32 Å². The fraction of sp³-hybridized carbons (Fsp3) is 0.200. The highest BCUT2D eigenvalue weighted by Crippen LogP contribution is 2.44. The highest BCUT2D eigenvalue weighted by Gasteiger charge is 2.47. The van der Waals surface area contributed by atoms with Crippen molar-refractivity contribution in [2.24, 2.45) is 26.4 Å². The summed E-state index contributed by atoms with van der Waals surface area (Å²) in [6, 6.07) is 18.5. The summed E-state index contributed by atoms with van der Waals surface area (Å²) in [5, 5.41) is 37.1. The molecule has 2 atom stereocenters. The van der Waals surface area contributed by atoms with Gasteiger partial charge in [-0.05, 0) is 62.8 Å². The Bertz CT molecular complexity index is 1590. The zero-order valence-electron chi connectivity index (χ0n) is 21.0. The number of azo groups is 2. The predicted molar refractivity (Wildman–Crippen MR) is 146 cm³/mol. The summed E-state index contributed by atoms with van der Waals surface area (Å²) >= 11 is 0. The first kappa shape index (κ1) is 23.1. The Morgan fingerprint density at radius 2 is 1.54 bits per heavy atom. The lowest BCUT2D eigenvalue weighted by atomic mass is 9.70. The summed E-state index contributed by atoms with van der Waals surface area (Å²) < 4.78 is 0. The molecule has 37 heavy (non-hydrogen) atoms. The minimum Gasteiger partial charge on any atom is -0.508 e. The van der Waals surface area contributed by atoms with E-state index in [-0.39, 0.29) is 22.9 Å². The topological polar surface area (TPSA) is 93.7 Å². The van der Waals surface area contributed by atoms with Gasteiger partial charge >= 0.3 is 0 Å². The number of phenols is 1. The first-order valence-corrected chi connectivity index (χ1v) is 12.3. The number of hydrogen-bond donors (Lipinski definition) is 3. The van der Waals surface area contributed by atoms with Gasteiger partial charge in [0.2, 0.25) is 0 Å². The number of allylic oxidation sites excluding steroid dienone is 4. The average Bonchev–Trinajstić information content (AvgIpc) is 2.86. The summed E-state index contributed by atoms with van der Waals surface area (Å²) in [6.45, 7) is 6.53. The molecule has 0 amide bonds. The zero-order valence-corrected chi connectivity index (χ0v) is 21.0. The van der Waals surface area contributed by atoms with Crippen LogP contribution in [0.15, 0.2) is 128 Å². The summed E-state index contributed by atoms with van der Waals surface area (Å²) in [6.07, 6.45) is 10.6. The fourth-order valence-electron chi connectivity index (χ4n) is 5.54. The zero-order chi connectivity index (χ0) is 25.6. The molecule has 7 nitrogen and oxygen atoms in total. The molecule has 3 aliphatic rings. The molecule has 1 heterocycles. The molecule has 1 fully saturated rings. The average molecular weight is 489 g/mol. The van der Waals surface area contributed by atoms with Crippen LogP contribution in [0.2, 0.25) is 0 Å². The summed E-state index contributed by atoms with van der Waals surface area (Å²) in [7, 11) is 0. The van der Waals surface area contributed by atoms with Crippen LogP contribution in [0.1, 0.15) is 20.8 Å². The largest absolute Gasteiger partial charge is 0.508 e. The van der Waals surface area contributed by atoms with E-state index in [0.717, 1.165) is 33.4 Å². The van der Waals surface area contributed by atoms with Crippen LogP contribution in [0.25, 0.3) is 10.8 Å². The number of hydrogen-bond acceptors (Lipinski definition) is 7. The van der Waals surface area contributed by atoms with E-state index < -0.39 is 0 Å². The number of nitrogens with zero attached hydrogens (tertiary/aromatic N) is 4. The second kappa shape index (κ2) is 8.64.